The Bertz CT molecular complexity index is 1210. The van der Waals surface area contributed by atoms with Crippen LogP contribution in [0.3, 0.4) is 0 Å². The van der Waals surface area contributed by atoms with Gasteiger partial charge in [-0.25, -0.2) is 14.8 Å². The number of hydrogen-bond donors (Lipinski definition) is 1. The number of benzene rings is 1. The van der Waals surface area contributed by atoms with Gasteiger partial charge in [-0.15, -0.1) is 0 Å². The number of rotatable bonds is 3. The standard InChI is InChI=1S/C20H23N7O/c1-3-17-23-18-14(12-21-25(18)2)19(24-17)26-10-8-13(9-11-26)27-16-7-5-4-6-15(16)22-20(27)28/h4-7,12-13H,3,8-11H2,1-2H3,(H,22,28). The van der Waals surface area contributed by atoms with Crippen LogP contribution in [0, 0.1) is 0 Å². The van der Waals surface area contributed by atoms with E-state index in [1.807, 2.05) is 42.1 Å². The van der Waals surface area contributed by atoms with Crippen LogP contribution in [0.5, 0.6) is 0 Å². The molecule has 0 unspecified atom stereocenters. The first-order valence-electron chi connectivity index (χ1n) is 9.78. The van der Waals surface area contributed by atoms with Gasteiger partial charge in [0.2, 0.25) is 0 Å². The highest BCUT2D eigenvalue weighted by atomic mass is 16.1. The monoisotopic (exact) mass is 377 g/mol. The molecule has 0 spiro atoms. The molecular formula is C20H23N7O. The average Bonchev–Trinajstić information content (AvgIpc) is 3.26. The highest BCUT2D eigenvalue weighted by Crippen LogP contribution is 2.30. The fourth-order valence-electron chi connectivity index (χ4n) is 4.22. The van der Waals surface area contributed by atoms with Crippen LogP contribution in [0.15, 0.2) is 35.3 Å². The number of imidazole rings is 1. The molecule has 28 heavy (non-hydrogen) atoms. The Labute approximate surface area is 161 Å². The van der Waals surface area contributed by atoms with E-state index >= 15 is 0 Å². The SMILES string of the molecule is CCc1nc(N2CCC(n3c(=O)[nH]c4ccccc43)CC2)c2cnn(C)c2n1. The molecule has 3 aromatic heterocycles. The van der Waals surface area contributed by atoms with E-state index in [9.17, 15) is 4.79 Å². The molecular weight excluding hydrogens is 354 g/mol. The number of H-pyrrole nitrogens is 1. The molecule has 0 aliphatic carbocycles. The van der Waals surface area contributed by atoms with Crippen molar-refractivity contribution in [3.8, 4) is 0 Å². The lowest BCUT2D eigenvalue weighted by atomic mass is 10.0. The van der Waals surface area contributed by atoms with Gasteiger partial charge in [-0.1, -0.05) is 19.1 Å². The van der Waals surface area contributed by atoms with Gasteiger partial charge in [-0.05, 0) is 25.0 Å². The number of aromatic amines is 1. The summed E-state index contributed by atoms with van der Waals surface area (Å²) in [7, 11) is 1.91. The summed E-state index contributed by atoms with van der Waals surface area (Å²) < 4.78 is 3.72. The van der Waals surface area contributed by atoms with E-state index in [0.717, 1.165) is 66.1 Å². The molecule has 4 heterocycles. The minimum Gasteiger partial charge on any atom is -0.356 e. The lowest BCUT2D eigenvalue weighted by molar-refractivity contribution is 0.395. The highest BCUT2D eigenvalue weighted by molar-refractivity contribution is 5.87. The second-order valence-corrected chi connectivity index (χ2v) is 7.36. The first kappa shape index (κ1) is 17.0. The summed E-state index contributed by atoms with van der Waals surface area (Å²) >= 11 is 0. The van der Waals surface area contributed by atoms with E-state index in [0.29, 0.717) is 0 Å². The van der Waals surface area contributed by atoms with Crippen molar-refractivity contribution in [1.29, 1.82) is 0 Å². The van der Waals surface area contributed by atoms with Crippen molar-refractivity contribution in [3.63, 3.8) is 0 Å². The summed E-state index contributed by atoms with van der Waals surface area (Å²) in [4.78, 5) is 27.2. The third-order valence-electron chi connectivity index (χ3n) is 5.69. The first-order valence-corrected chi connectivity index (χ1v) is 9.78. The van der Waals surface area contributed by atoms with Crippen molar-refractivity contribution >= 4 is 27.9 Å². The molecule has 1 saturated heterocycles. The Morgan fingerprint density at radius 2 is 1.96 bits per heavy atom. The molecule has 8 nitrogen and oxygen atoms in total. The minimum absolute atomic E-state index is 0.0235. The second kappa shape index (κ2) is 6.47. The van der Waals surface area contributed by atoms with Crippen LogP contribution in [0.25, 0.3) is 22.1 Å². The number of nitrogens with zero attached hydrogens (tertiary/aromatic N) is 6. The van der Waals surface area contributed by atoms with Gasteiger partial charge in [0.05, 0.1) is 22.6 Å². The topological polar surface area (TPSA) is 84.6 Å². The molecule has 1 aliphatic heterocycles. The van der Waals surface area contributed by atoms with Gasteiger partial charge in [-0.2, -0.15) is 5.10 Å². The zero-order valence-corrected chi connectivity index (χ0v) is 16.1. The normalized spacial score (nSPS) is 15.7. The highest BCUT2D eigenvalue weighted by Gasteiger charge is 2.26. The van der Waals surface area contributed by atoms with Crippen LogP contribution in [0.2, 0.25) is 0 Å². The summed E-state index contributed by atoms with van der Waals surface area (Å²) in [6.45, 7) is 3.76. The fraction of sp³-hybridized carbons (Fsp3) is 0.400. The lowest BCUT2D eigenvalue weighted by Gasteiger charge is -2.33. The molecule has 0 radical (unpaired) electrons. The number of anilines is 1. The van der Waals surface area contributed by atoms with Crippen molar-refractivity contribution in [2.75, 3.05) is 18.0 Å². The van der Waals surface area contributed by atoms with E-state index in [4.69, 9.17) is 4.98 Å². The number of nitrogens with one attached hydrogen (secondary N) is 1. The number of aromatic nitrogens is 6. The molecule has 0 saturated carbocycles. The maximum atomic E-state index is 12.5. The summed E-state index contributed by atoms with van der Waals surface area (Å²) in [5, 5.41) is 5.35. The average molecular weight is 377 g/mol. The van der Waals surface area contributed by atoms with Gasteiger partial charge in [-0.3, -0.25) is 9.25 Å². The molecule has 5 rings (SSSR count). The van der Waals surface area contributed by atoms with Gasteiger partial charge in [0.15, 0.2) is 5.65 Å². The third kappa shape index (κ3) is 2.59. The molecule has 0 amide bonds. The summed E-state index contributed by atoms with van der Waals surface area (Å²) in [5.41, 5.74) is 2.73. The minimum atomic E-state index is -0.0235. The van der Waals surface area contributed by atoms with Crippen LogP contribution < -0.4 is 10.6 Å². The maximum absolute atomic E-state index is 12.5. The Morgan fingerprint density at radius 1 is 1.18 bits per heavy atom. The molecule has 0 bridgehead atoms. The lowest BCUT2D eigenvalue weighted by Crippen LogP contribution is -2.37. The smallest absolute Gasteiger partial charge is 0.326 e. The Balaban J connectivity index is 1.46. The quantitative estimate of drug-likeness (QED) is 0.593. The number of fused-ring (bicyclic) bond motifs is 2. The molecule has 8 heteroatoms. The largest absolute Gasteiger partial charge is 0.356 e. The predicted octanol–water partition coefficient (Wildman–Crippen LogP) is 2.41. The van der Waals surface area contributed by atoms with Gasteiger partial charge in [0.1, 0.15) is 11.6 Å². The van der Waals surface area contributed by atoms with Gasteiger partial charge < -0.3 is 9.88 Å². The van der Waals surface area contributed by atoms with Crippen molar-refractivity contribution in [2.45, 2.75) is 32.2 Å². The Kier molecular flexibility index (Phi) is 3.92. The van der Waals surface area contributed by atoms with Crippen LogP contribution in [0.4, 0.5) is 5.82 Å². The van der Waals surface area contributed by atoms with Crippen molar-refractivity contribution in [2.24, 2.45) is 7.05 Å². The molecule has 4 aromatic rings. The first-order chi connectivity index (χ1) is 13.7. The fourth-order valence-corrected chi connectivity index (χ4v) is 4.22. The molecule has 1 aliphatic rings. The van der Waals surface area contributed by atoms with E-state index in [1.165, 1.54) is 0 Å². The summed E-state index contributed by atoms with van der Waals surface area (Å²) in [6, 6.07) is 8.08. The number of piperidine rings is 1. The second-order valence-electron chi connectivity index (χ2n) is 7.36. The Morgan fingerprint density at radius 3 is 2.75 bits per heavy atom. The molecule has 1 aromatic carbocycles. The third-order valence-corrected chi connectivity index (χ3v) is 5.69. The van der Waals surface area contributed by atoms with Crippen LogP contribution in [-0.2, 0) is 13.5 Å². The van der Waals surface area contributed by atoms with Crippen LogP contribution >= 0.6 is 0 Å². The van der Waals surface area contributed by atoms with Crippen molar-refractivity contribution < 1.29 is 0 Å². The zero-order chi connectivity index (χ0) is 19.3. The van der Waals surface area contributed by atoms with Gasteiger partial charge in [0, 0.05) is 32.6 Å². The van der Waals surface area contributed by atoms with E-state index in [-0.39, 0.29) is 11.7 Å². The van der Waals surface area contributed by atoms with Gasteiger partial charge >= 0.3 is 5.69 Å². The van der Waals surface area contributed by atoms with E-state index in [2.05, 4.69) is 26.9 Å². The van der Waals surface area contributed by atoms with E-state index < -0.39 is 0 Å². The van der Waals surface area contributed by atoms with Gasteiger partial charge in [0.25, 0.3) is 0 Å². The number of hydrogen-bond acceptors (Lipinski definition) is 5. The van der Waals surface area contributed by atoms with Crippen LogP contribution in [-0.4, -0.2) is 42.4 Å². The van der Waals surface area contributed by atoms with E-state index in [1.54, 1.807) is 4.68 Å². The maximum Gasteiger partial charge on any atom is 0.326 e. The number of para-hydroxylation sites is 2. The number of aryl methyl sites for hydroxylation is 2. The molecule has 1 N–H and O–H groups in total. The predicted molar refractivity (Wildman–Crippen MR) is 109 cm³/mol. The summed E-state index contributed by atoms with van der Waals surface area (Å²) in [5.74, 6) is 1.79. The molecule has 0 atom stereocenters. The molecule has 144 valence electrons. The Hall–Kier alpha value is -3.16. The molecule has 1 fully saturated rings. The van der Waals surface area contributed by atoms with Crippen molar-refractivity contribution in [3.05, 3.63) is 46.8 Å². The zero-order valence-electron chi connectivity index (χ0n) is 16.1. The van der Waals surface area contributed by atoms with Crippen LogP contribution in [0.1, 0.15) is 31.6 Å². The summed E-state index contributed by atoms with van der Waals surface area (Å²) in [6.07, 6.45) is 4.43. The van der Waals surface area contributed by atoms with Crippen molar-refractivity contribution in [1.82, 2.24) is 29.3 Å².